The molecule has 0 saturated carbocycles. The van der Waals surface area contributed by atoms with E-state index in [1.165, 1.54) is 14.2 Å². The number of hydrogen-bond acceptors (Lipinski definition) is 8. The number of carbonyl (C=O) groups excluding carboxylic acids is 2. The number of ether oxygens (including phenoxy) is 3. The number of phenolic OH excluding ortho intramolecular Hbond substituents is 1. The predicted octanol–water partition coefficient (Wildman–Crippen LogP) is 3.24. The Bertz CT molecular complexity index is 1890. The molecule has 2 heterocycles. The molecule has 2 amide bonds. The van der Waals surface area contributed by atoms with Gasteiger partial charge in [0.25, 0.3) is 11.9 Å². The summed E-state index contributed by atoms with van der Waals surface area (Å²) in [6.07, 6.45) is 3.10. The lowest BCUT2D eigenvalue weighted by molar-refractivity contribution is -0.112. The number of allylic oxidation sites excluding steroid dienone is 2. The van der Waals surface area contributed by atoms with Gasteiger partial charge in [-0.3, -0.25) is 9.79 Å². The van der Waals surface area contributed by atoms with Crippen molar-refractivity contribution >= 4 is 29.6 Å². The first-order valence-electron chi connectivity index (χ1n) is 17.0. The van der Waals surface area contributed by atoms with Gasteiger partial charge >= 0.3 is 6.09 Å². The summed E-state index contributed by atoms with van der Waals surface area (Å²) >= 11 is 0. The maximum Gasteiger partial charge on any atom is 0.405 e. The van der Waals surface area contributed by atoms with Gasteiger partial charge in [0, 0.05) is 44.9 Å². The summed E-state index contributed by atoms with van der Waals surface area (Å²) < 4.78 is 16.8. The second-order valence-electron chi connectivity index (χ2n) is 13.0. The zero-order chi connectivity index (χ0) is 37.9. The SMILES string of the molecule is CN=C(/N=C1/N=c2cc3c(O)c(c2=N1)C[C@@H](C)C[C@H](OC)[C@H](O)[C@@H](C)/C=C(\C)[C@H](OC(N)=O)[C@@H](OC)/C=C\C=C(/C)C(=O)N3)NCc1ccccc1. The third kappa shape index (κ3) is 10.2. The van der Waals surface area contributed by atoms with E-state index in [1.807, 2.05) is 44.2 Å². The second-order valence-corrected chi connectivity index (χ2v) is 13.0. The molecular weight excluding hydrogens is 666 g/mol. The van der Waals surface area contributed by atoms with Crippen LogP contribution < -0.4 is 27.1 Å². The first kappa shape index (κ1) is 39.6. The second kappa shape index (κ2) is 18.4. The number of aliphatic imine (C=N–C) groups is 2. The van der Waals surface area contributed by atoms with Crippen molar-refractivity contribution in [3.63, 3.8) is 0 Å². The summed E-state index contributed by atoms with van der Waals surface area (Å²) in [7, 11) is 4.60. The Hall–Kier alpha value is -5.18. The molecule has 278 valence electrons. The van der Waals surface area contributed by atoms with E-state index in [2.05, 4.69) is 30.6 Å². The number of fused-ring (bicyclic) bond motifs is 4. The number of rotatable bonds is 5. The number of nitrogens with one attached hydrogen (secondary N) is 2. The molecule has 14 heteroatoms. The van der Waals surface area contributed by atoms with Crippen LogP contribution in [0.15, 0.2) is 91.8 Å². The molecule has 2 aliphatic rings. The number of nitrogens with zero attached hydrogens (tertiary/aromatic N) is 4. The predicted molar refractivity (Wildman–Crippen MR) is 198 cm³/mol. The maximum absolute atomic E-state index is 13.4. The van der Waals surface area contributed by atoms with Gasteiger partial charge in [-0.15, -0.1) is 0 Å². The molecule has 0 radical (unpaired) electrons. The van der Waals surface area contributed by atoms with E-state index in [-0.39, 0.29) is 23.3 Å². The lowest BCUT2D eigenvalue weighted by Crippen LogP contribution is -2.37. The summed E-state index contributed by atoms with van der Waals surface area (Å²) in [6, 6.07) is 11.4. The van der Waals surface area contributed by atoms with E-state index >= 15 is 0 Å². The van der Waals surface area contributed by atoms with Crippen LogP contribution in [-0.4, -0.2) is 79.8 Å². The highest BCUT2D eigenvalue weighted by Crippen LogP contribution is 2.29. The topological polar surface area (TPSA) is 202 Å². The van der Waals surface area contributed by atoms with Crippen molar-refractivity contribution in [2.45, 2.75) is 71.5 Å². The average molecular weight is 716 g/mol. The lowest BCUT2D eigenvalue weighted by Gasteiger charge is -2.29. The van der Waals surface area contributed by atoms with Crippen molar-refractivity contribution in [3.8, 4) is 5.75 Å². The Labute approximate surface area is 303 Å². The number of primary amides is 1. The Morgan fingerprint density at radius 3 is 2.52 bits per heavy atom. The zero-order valence-electron chi connectivity index (χ0n) is 30.7. The van der Waals surface area contributed by atoms with Crippen molar-refractivity contribution in [2.75, 3.05) is 26.6 Å². The fraction of sp³-hybridized carbons (Fsp3) is 0.421. The van der Waals surface area contributed by atoms with E-state index in [0.717, 1.165) is 5.56 Å². The van der Waals surface area contributed by atoms with Crippen LogP contribution in [0.4, 0.5) is 10.5 Å². The highest BCUT2D eigenvalue weighted by molar-refractivity contribution is 6.04. The van der Waals surface area contributed by atoms with Crippen molar-refractivity contribution in [2.24, 2.45) is 37.5 Å². The number of phenols is 1. The number of carbonyl (C=O) groups is 2. The van der Waals surface area contributed by atoms with Gasteiger partial charge in [0.15, 0.2) is 6.10 Å². The van der Waals surface area contributed by atoms with Crippen LogP contribution in [0.1, 0.15) is 45.2 Å². The molecule has 0 spiro atoms. The van der Waals surface area contributed by atoms with Crippen LogP contribution in [0.3, 0.4) is 0 Å². The Morgan fingerprint density at radius 2 is 1.87 bits per heavy atom. The number of amides is 2. The van der Waals surface area contributed by atoms with Gasteiger partial charge in [-0.05, 0) is 49.8 Å². The number of hydrogen-bond donors (Lipinski definition) is 5. The summed E-state index contributed by atoms with van der Waals surface area (Å²) in [6.45, 7) is 7.68. The number of methoxy groups -OCH3 is 2. The number of benzene rings is 2. The summed E-state index contributed by atoms with van der Waals surface area (Å²) in [5.41, 5.74) is 7.98. The normalized spacial score (nSPS) is 27.9. The molecule has 2 bridgehead atoms. The molecule has 6 atom stereocenters. The average Bonchev–Trinajstić information content (AvgIpc) is 3.53. The molecule has 0 aliphatic carbocycles. The largest absolute Gasteiger partial charge is 0.505 e. The van der Waals surface area contributed by atoms with E-state index in [9.17, 15) is 19.8 Å². The molecule has 2 aliphatic heterocycles. The van der Waals surface area contributed by atoms with Crippen LogP contribution in [0.25, 0.3) is 0 Å². The van der Waals surface area contributed by atoms with E-state index in [0.29, 0.717) is 52.8 Å². The van der Waals surface area contributed by atoms with E-state index < -0.39 is 42.3 Å². The van der Waals surface area contributed by atoms with Gasteiger partial charge in [0.1, 0.15) is 11.9 Å². The molecule has 2 aromatic rings. The monoisotopic (exact) mass is 715 g/mol. The minimum atomic E-state index is -0.988. The van der Waals surface area contributed by atoms with Crippen molar-refractivity contribution in [3.05, 3.63) is 93.7 Å². The number of nitrogens with two attached hydrogens (primary N) is 1. The van der Waals surface area contributed by atoms with Crippen molar-refractivity contribution in [1.29, 1.82) is 0 Å². The number of anilines is 1. The Kier molecular flexibility index (Phi) is 14.0. The van der Waals surface area contributed by atoms with Crippen LogP contribution in [0.5, 0.6) is 5.75 Å². The number of aromatic hydroxyl groups is 1. The molecule has 0 saturated heterocycles. The van der Waals surface area contributed by atoms with Gasteiger partial charge in [0.05, 0.1) is 28.6 Å². The summed E-state index contributed by atoms with van der Waals surface area (Å²) in [5.74, 6) is -0.742. The molecule has 6 N–H and O–H groups in total. The third-order valence-corrected chi connectivity index (χ3v) is 8.95. The van der Waals surface area contributed by atoms with Crippen molar-refractivity contribution < 1.29 is 34.0 Å². The first-order chi connectivity index (χ1) is 24.8. The van der Waals surface area contributed by atoms with Crippen LogP contribution in [0, 0.1) is 11.8 Å². The van der Waals surface area contributed by atoms with Gasteiger partial charge in [-0.2, -0.15) is 4.99 Å². The number of guanidine groups is 2. The lowest BCUT2D eigenvalue weighted by atomic mass is 9.88. The molecule has 52 heavy (non-hydrogen) atoms. The first-order valence-corrected chi connectivity index (χ1v) is 17.0. The number of aliphatic hydroxyl groups excluding tert-OH is 1. The molecule has 0 fully saturated rings. The maximum atomic E-state index is 13.4. The molecule has 0 aromatic heterocycles. The van der Waals surface area contributed by atoms with Gasteiger partial charge in [0.2, 0.25) is 5.96 Å². The fourth-order valence-electron chi connectivity index (χ4n) is 6.13. The van der Waals surface area contributed by atoms with Gasteiger partial charge < -0.3 is 40.8 Å². The van der Waals surface area contributed by atoms with Gasteiger partial charge in [-0.25, -0.2) is 14.8 Å². The molecule has 4 rings (SSSR count). The van der Waals surface area contributed by atoms with Crippen LogP contribution in [0.2, 0.25) is 0 Å². The highest BCUT2D eigenvalue weighted by atomic mass is 16.6. The third-order valence-electron chi connectivity index (χ3n) is 8.95. The van der Waals surface area contributed by atoms with Gasteiger partial charge in [-0.1, -0.05) is 68.5 Å². The quantitative estimate of drug-likeness (QED) is 0.134. The summed E-state index contributed by atoms with van der Waals surface area (Å²) in [4.78, 5) is 43.3. The standard InChI is InChI=1S/C38H49N7O7/c1-21-16-26-31-27(43-38(44-31)45-37(40-5)41-20-25-13-9-8-10-14-25)19-28(33(26)47)42-35(48)22(2)12-11-15-29(50-6)34(52-36(39)49)24(4)18-23(3)32(46)30(17-21)51-7/h8-15,18-19,21,23,29-30,32,34,46-47H,16-17,20H2,1-7H3,(H2,39,49)(H,40,41)(H,42,48)/b15-11-,22-12+,24-18+,45-38-/t21-,23+,29+,30+,32-,34+/m1/s1. The smallest absolute Gasteiger partial charge is 0.405 e. The van der Waals surface area contributed by atoms with E-state index in [4.69, 9.17) is 19.9 Å². The Balaban J connectivity index is 1.77. The van der Waals surface area contributed by atoms with Crippen molar-refractivity contribution in [1.82, 2.24) is 5.32 Å². The summed E-state index contributed by atoms with van der Waals surface area (Å²) in [5, 5.41) is 29.9. The minimum absolute atomic E-state index is 0.135. The van der Waals surface area contributed by atoms with Crippen LogP contribution in [-0.2, 0) is 32.0 Å². The minimum Gasteiger partial charge on any atom is -0.505 e. The fourth-order valence-corrected chi connectivity index (χ4v) is 6.13. The Morgan fingerprint density at radius 1 is 1.13 bits per heavy atom. The molecule has 14 nitrogen and oxygen atoms in total. The molecule has 0 unspecified atom stereocenters. The molecule has 2 aromatic carbocycles. The zero-order valence-corrected chi connectivity index (χ0v) is 30.7. The van der Waals surface area contributed by atoms with E-state index in [1.54, 1.807) is 51.3 Å². The molecular formula is C38H49N7O7. The highest BCUT2D eigenvalue weighted by Gasteiger charge is 2.30. The van der Waals surface area contributed by atoms with Crippen LogP contribution >= 0.6 is 0 Å². The number of aliphatic hydroxyl groups is 1.